The minimum absolute atomic E-state index is 0.104. The van der Waals surface area contributed by atoms with Crippen molar-refractivity contribution >= 4 is 22.4 Å². The lowest BCUT2D eigenvalue weighted by Crippen LogP contribution is -2.30. The molecule has 0 saturated carbocycles. The Labute approximate surface area is 142 Å². The van der Waals surface area contributed by atoms with Gasteiger partial charge in [0.05, 0.1) is 34.9 Å². The van der Waals surface area contributed by atoms with E-state index in [0.29, 0.717) is 22.5 Å². The van der Waals surface area contributed by atoms with Crippen LogP contribution in [0.4, 0.5) is 11.5 Å². The van der Waals surface area contributed by atoms with Gasteiger partial charge in [-0.1, -0.05) is 0 Å². The third-order valence-electron chi connectivity index (χ3n) is 3.79. The standard InChI is InChI=1S/C17H14N4O4/c1-17(22,15-3-2-6-25-15)10-19-16-7-11(9-18)13-8-12(21(23)24)4-5-14(13)20-16/h2-8,22H,10H2,1H3,(H,19,20). The summed E-state index contributed by atoms with van der Waals surface area (Å²) in [6.45, 7) is 1.70. The summed E-state index contributed by atoms with van der Waals surface area (Å²) in [5.41, 5.74) is -0.659. The predicted molar refractivity (Wildman–Crippen MR) is 89.9 cm³/mol. The number of aromatic nitrogens is 1. The molecule has 0 fully saturated rings. The molecule has 0 bridgehead atoms. The largest absolute Gasteiger partial charge is 0.466 e. The van der Waals surface area contributed by atoms with E-state index < -0.39 is 10.5 Å². The van der Waals surface area contributed by atoms with Gasteiger partial charge in [-0.25, -0.2) is 4.98 Å². The Bertz CT molecular complexity index is 974. The summed E-state index contributed by atoms with van der Waals surface area (Å²) in [5.74, 6) is 0.779. The lowest BCUT2D eigenvalue weighted by molar-refractivity contribution is -0.384. The topological polar surface area (TPSA) is 125 Å². The van der Waals surface area contributed by atoms with Crippen molar-refractivity contribution in [2.75, 3.05) is 11.9 Å². The summed E-state index contributed by atoms with van der Waals surface area (Å²) in [7, 11) is 0. The molecule has 0 aliphatic carbocycles. The smallest absolute Gasteiger partial charge is 0.270 e. The third kappa shape index (κ3) is 3.27. The number of anilines is 1. The average molecular weight is 338 g/mol. The molecule has 0 radical (unpaired) electrons. The van der Waals surface area contributed by atoms with Crippen molar-refractivity contribution in [3.05, 3.63) is 64.1 Å². The number of nitro groups is 1. The number of nitrogens with zero attached hydrogens (tertiary/aromatic N) is 3. The fourth-order valence-corrected chi connectivity index (χ4v) is 2.45. The number of non-ortho nitro benzene ring substituents is 1. The van der Waals surface area contributed by atoms with Gasteiger partial charge in [0.15, 0.2) is 0 Å². The van der Waals surface area contributed by atoms with E-state index in [-0.39, 0.29) is 17.8 Å². The highest BCUT2D eigenvalue weighted by Gasteiger charge is 2.26. The summed E-state index contributed by atoms with van der Waals surface area (Å²) >= 11 is 0. The van der Waals surface area contributed by atoms with Gasteiger partial charge in [-0.15, -0.1) is 0 Å². The number of aliphatic hydroxyl groups is 1. The Morgan fingerprint density at radius 1 is 1.44 bits per heavy atom. The van der Waals surface area contributed by atoms with Crippen molar-refractivity contribution in [3.63, 3.8) is 0 Å². The number of rotatable bonds is 5. The molecular formula is C17H14N4O4. The average Bonchev–Trinajstić information content (AvgIpc) is 3.14. The molecule has 25 heavy (non-hydrogen) atoms. The van der Waals surface area contributed by atoms with Crippen LogP contribution >= 0.6 is 0 Å². The van der Waals surface area contributed by atoms with Crippen LogP contribution in [0.5, 0.6) is 0 Å². The van der Waals surface area contributed by atoms with Crippen LogP contribution in [0.2, 0.25) is 0 Å². The predicted octanol–water partition coefficient (Wildman–Crippen LogP) is 2.93. The van der Waals surface area contributed by atoms with Crippen LogP contribution in [0.3, 0.4) is 0 Å². The first-order valence-electron chi connectivity index (χ1n) is 7.40. The summed E-state index contributed by atoms with van der Waals surface area (Å²) < 4.78 is 5.21. The van der Waals surface area contributed by atoms with Crippen LogP contribution < -0.4 is 5.32 Å². The van der Waals surface area contributed by atoms with Crippen LogP contribution in [0.15, 0.2) is 47.1 Å². The monoisotopic (exact) mass is 338 g/mol. The van der Waals surface area contributed by atoms with Crippen molar-refractivity contribution in [3.8, 4) is 6.07 Å². The molecule has 0 amide bonds. The van der Waals surface area contributed by atoms with E-state index in [1.54, 1.807) is 19.1 Å². The molecule has 8 heteroatoms. The summed E-state index contributed by atoms with van der Waals surface area (Å²) in [4.78, 5) is 14.7. The number of nitrogens with one attached hydrogen (secondary N) is 1. The van der Waals surface area contributed by atoms with E-state index in [4.69, 9.17) is 4.42 Å². The van der Waals surface area contributed by atoms with E-state index in [0.717, 1.165) is 0 Å². The minimum atomic E-state index is -1.26. The molecule has 0 aliphatic heterocycles. The van der Waals surface area contributed by atoms with Gasteiger partial charge < -0.3 is 14.8 Å². The Hall–Kier alpha value is -3.44. The number of benzene rings is 1. The maximum Gasteiger partial charge on any atom is 0.270 e. The van der Waals surface area contributed by atoms with Crippen LogP contribution in [-0.4, -0.2) is 21.6 Å². The second-order valence-electron chi connectivity index (χ2n) is 5.73. The zero-order valence-electron chi connectivity index (χ0n) is 13.3. The minimum Gasteiger partial charge on any atom is -0.466 e. The number of fused-ring (bicyclic) bond motifs is 1. The first-order chi connectivity index (χ1) is 11.9. The quantitative estimate of drug-likeness (QED) is 0.541. The van der Waals surface area contributed by atoms with E-state index in [9.17, 15) is 20.5 Å². The molecule has 2 aromatic heterocycles. The molecule has 1 atom stereocenters. The maximum atomic E-state index is 10.9. The second kappa shape index (κ2) is 6.22. The number of nitro benzene ring substituents is 1. The lowest BCUT2D eigenvalue weighted by Gasteiger charge is -2.21. The van der Waals surface area contributed by atoms with E-state index >= 15 is 0 Å². The van der Waals surface area contributed by atoms with Crippen molar-refractivity contribution < 1.29 is 14.4 Å². The fraction of sp³-hybridized carbons (Fsp3) is 0.176. The molecule has 0 spiro atoms. The van der Waals surface area contributed by atoms with E-state index in [1.807, 2.05) is 6.07 Å². The van der Waals surface area contributed by atoms with Crippen molar-refractivity contribution in [2.45, 2.75) is 12.5 Å². The molecule has 3 rings (SSSR count). The first-order valence-corrected chi connectivity index (χ1v) is 7.40. The third-order valence-corrected chi connectivity index (χ3v) is 3.79. The molecule has 2 N–H and O–H groups in total. The molecule has 3 aromatic rings. The molecule has 126 valence electrons. The molecule has 2 heterocycles. The fourth-order valence-electron chi connectivity index (χ4n) is 2.45. The van der Waals surface area contributed by atoms with Crippen LogP contribution in [-0.2, 0) is 5.60 Å². The van der Waals surface area contributed by atoms with Gasteiger partial charge >= 0.3 is 0 Å². The second-order valence-corrected chi connectivity index (χ2v) is 5.73. The Morgan fingerprint density at radius 3 is 2.88 bits per heavy atom. The van der Waals surface area contributed by atoms with Gasteiger partial charge in [-0.05, 0) is 31.2 Å². The highest BCUT2D eigenvalue weighted by Crippen LogP contribution is 2.26. The van der Waals surface area contributed by atoms with Crippen LogP contribution in [0.25, 0.3) is 10.9 Å². The van der Waals surface area contributed by atoms with Gasteiger partial charge in [0.25, 0.3) is 5.69 Å². The highest BCUT2D eigenvalue weighted by molar-refractivity contribution is 5.88. The molecule has 8 nitrogen and oxygen atoms in total. The Morgan fingerprint density at radius 2 is 2.24 bits per heavy atom. The van der Waals surface area contributed by atoms with Crippen molar-refractivity contribution in [1.82, 2.24) is 4.98 Å². The summed E-state index contributed by atoms with van der Waals surface area (Å²) in [5, 5.41) is 34.0. The Balaban J connectivity index is 1.91. The number of pyridine rings is 1. The SMILES string of the molecule is CC(O)(CNc1cc(C#N)c2cc([N+](=O)[O-])ccc2n1)c1ccco1. The van der Waals surface area contributed by atoms with Gasteiger partial charge in [0.1, 0.15) is 17.2 Å². The number of hydrogen-bond donors (Lipinski definition) is 2. The zero-order valence-corrected chi connectivity index (χ0v) is 13.3. The first kappa shape index (κ1) is 16.4. The normalized spacial score (nSPS) is 13.2. The van der Waals surface area contributed by atoms with Gasteiger partial charge in [0.2, 0.25) is 0 Å². The van der Waals surface area contributed by atoms with Crippen LogP contribution in [0, 0.1) is 21.4 Å². The number of hydrogen-bond acceptors (Lipinski definition) is 7. The van der Waals surface area contributed by atoms with Gasteiger partial charge in [-0.3, -0.25) is 10.1 Å². The molecule has 1 aromatic carbocycles. The van der Waals surface area contributed by atoms with E-state index in [2.05, 4.69) is 10.3 Å². The highest BCUT2D eigenvalue weighted by atomic mass is 16.6. The van der Waals surface area contributed by atoms with Gasteiger partial charge in [0, 0.05) is 17.5 Å². The summed E-state index contributed by atoms with van der Waals surface area (Å²) in [6.07, 6.45) is 1.47. The van der Waals surface area contributed by atoms with Gasteiger partial charge in [-0.2, -0.15) is 5.26 Å². The maximum absolute atomic E-state index is 10.9. The number of furan rings is 1. The summed E-state index contributed by atoms with van der Waals surface area (Å²) in [6, 6.07) is 11.0. The number of nitriles is 1. The van der Waals surface area contributed by atoms with Crippen molar-refractivity contribution in [2.24, 2.45) is 0 Å². The van der Waals surface area contributed by atoms with Crippen LogP contribution in [0.1, 0.15) is 18.2 Å². The molecule has 1 unspecified atom stereocenters. The molecule has 0 saturated heterocycles. The van der Waals surface area contributed by atoms with Crippen molar-refractivity contribution in [1.29, 1.82) is 5.26 Å². The molecular weight excluding hydrogens is 324 g/mol. The molecule has 0 aliphatic rings. The van der Waals surface area contributed by atoms with E-state index in [1.165, 1.54) is 30.5 Å². The lowest BCUT2D eigenvalue weighted by atomic mass is 10.0. The Kier molecular flexibility index (Phi) is 4.09. The zero-order chi connectivity index (χ0) is 18.0.